The number of nitrogens with zero attached hydrogens (tertiary/aromatic N) is 2. The van der Waals surface area contributed by atoms with Crippen molar-refractivity contribution in [2.24, 2.45) is 5.92 Å². The van der Waals surface area contributed by atoms with E-state index >= 15 is 0 Å². The molecule has 2 aromatic rings. The van der Waals surface area contributed by atoms with Crippen LogP contribution in [0.1, 0.15) is 36.0 Å². The number of para-hydroxylation sites is 1. The highest BCUT2D eigenvalue weighted by Gasteiger charge is 2.26. The highest BCUT2D eigenvalue weighted by atomic mass is 16.5. The molecule has 1 amide bonds. The molecule has 2 unspecified atom stereocenters. The number of hydrogen-bond acceptors (Lipinski definition) is 4. The normalized spacial score (nSPS) is 20.1. The summed E-state index contributed by atoms with van der Waals surface area (Å²) >= 11 is 0. The maximum absolute atomic E-state index is 12.9. The van der Waals surface area contributed by atoms with Crippen molar-refractivity contribution in [3.63, 3.8) is 0 Å². The second kappa shape index (κ2) is 8.12. The number of amides is 1. The van der Waals surface area contributed by atoms with Gasteiger partial charge in [0.25, 0.3) is 5.91 Å². The standard InChI is InChI=1S/C20H24N2O3/c1-22(14-15-7-2-4-10-18(15)23)20(24)17-9-3-5-11-19(17)25-16-8-6-12-21-13-16/h3,5-6,8-9,11-13,15,18,23H,2,4,7,10,14H2,1H3. The van der Waals surface area contributed by atoms with Crippen molar-refractivity contribution >= 4 is 5.91 Å². The van der Waals surface area contributed by atoms with Crippen LogP contribution in [-0.2, 0) is 0 Å². The Balaban J connectivity index is 1.73. The zero-order chi connectivity index (χ0) is 17.6. The predicted molar refractivity (Wildman–Crippen MR) is 95.7 cm³/mol. The van der Waals surface area contributed by atoms with Gasteiger partial charge in [0.15, 0.2) is 0 Å². The fraction of sp³-hybridized carbons (Fsp3) is 0.400. The molecule has 1 N–H and O–H groups in total. The average Bonchev–Trinajstić information content (AvgIpc) is 2.64. The quantitative estimate of drug-likeness (QED) is 0.905. The highest BCUT2D eigenvalue weighted by Crippen LogP contribution is 2.28. The Bertz CT molecular complexity index is 705. The number of aliphatic hydroxyl groups is 1. The van der Waals surface area contributed by atoms with E-state index in [0.29, 0.717) is 23.6 Å². The van der Waals surface area contributed by atoms with Crippen LogP contribution < -0.4 is 4.74 Å². The topological polar surface area (TPSA) is 62.7 Å². The van der Waals surface area contributed by atoms with E-state index in [1.807, 2.05) is 12.1 Å². The molecule has 0 spiro atoms. The number of carbonyl (C=O) groups excluding carboxylic acids is 1. The van der Waals surface area contributed by atoms with Crippen molar-refractivity contribution in [1.29, 1.82) is 0 Å². The number of rotatable bonds is 5. The van der Waals surface area contributed by atoms with Gasteiger partial charge in [-0.3, -0.25) is 9.78 Å². The van der Waals surface area contributed by atoms with Crippen LogP contribution in [0.2, 0.25) is 0 Å². The SMILES string of the molecule is CN(CC1CCCCC1O)C(=O)c1ccccc1Oc1cccnc1. The Morgan fingerprint density at radius 2 is 2.04 bits per heavy atom. The summed E-state index contributed by atoms with van der Waals surface area (Å²) in [6.07, 6.45) is 6.95. The van der Waals surface area contributed by atoms with Gasteiger partial charge in [0.2, 0.25) is 0 Å². The lowest BCUT2D eigenvalue weighted by atomic mass is 9.86. The molecule has 1 aliphatic carbocycles. The minimum Gasteiger partial charge on any atom is -0.455 e. The summed E-state index contributed by atoms with van der Waals surface area (Å²) in [5.41, 5.74) is 0.513. The van der Waals surface area contributed by atoms with Gasteiger partial charge >= 0.3 is 0 Å². The van der Waals surface area contributed by atoms with E-state index < -0.39 is 0 Å². The highest BCUT2D eigenvalue weighted by molar-refractivity contribution is 5.96. The number of aliphatic hydroxyl groups excluding tert-OH is 1. The third kappa shape index (κ3) is 4.37. The Hall–Kier alpha value is -2.40. The molecule has 1 saturated carbocycles. The van der Waals surface area contributed by atoms with Crippen molar-refractivity contribution < 1.29 is 14.6 Å². The van der Waals surface area contributed by atoms with Crippen LogP contribution in [0.15, 0.2) is 48.8 Å². The van der Waals surface area contributed by atoms with Crippen LogP contribution in [0.5, 0.6) is 11.5 Å². The summed E-state index contributed by atoms with van der Waals surface area (Å²) in [5.74, 6) is 1.15. The average molecular weight is 340 g/mol. The van der Waals surface area contributed by atoms with Crippen LogP contribution in [0.25, 0.3) is 0 Å². The Morgan fingerprint density at radius 3 is 2.80 bits per heavy atom. The molecule has 0 bridgehead atoms. The second-order valence-corrected chi connectivity index (χ2v) is 6.58. The first-order valence-corrected chi connectivity index (χ1v) is 8.75. The van der Waals surface area contributed by atoms with Crippen molar-refractivity contribution in [2.45, 2.75) is 31.8 Å². The molecule has 1 fully saturated rings. The van der Waals surface area contributed by atoms with Gasteiger partial charge in [0, 0.05) is 25.7 Å². The number of benzene rings is 1. The molecule has 132 valence electrons. The van der Waals surface area contributed by atoms with E-state index in [1.165, 1.54) is 0 Å². The molecule has 1 aromatic heterocycles. The van der Waals surface area contributed by atoms with Gasteiger partial charge in [0.1, 0.15) is 11.5 Å². The van der Waals surface area contributed by atoms with Crippen molar-refractivity contribution in [3.05, 3.63) is 54.4 Å². The van der Waals surface area contributed by atoms with Crippen LogP contribution in [-0.4, -0.2) is 40.6 Å². The number of ether oxygens (including phenoxy) is 1. The molecule has 25 heavy (non-hydrogen) atoms. The van der Waals surface area contributed by atoms with Gasteiger partial charge in [-0.25, -0.2) is 0 Å². The second-order valence-electron chi connectivity index (χ2n) is 6.58. The fourth-order valence-corrected chi connectivity index (χ4v) is 3.31. The minimum absolute atomic E-state index is 0.0998. The van der Waals surface area contributed by atoms with E-state index in [2.05, 4.69) is 4.98 Å². The van der Waals surface area contributed by atoms with Gasteiger partial charge in [0.05, 0.1) is 17.9 Å². The monoisotopic (exact) mass is 340 g/mol. The maximum Gasteiger partial charge on any atom is 0.257 e. The molecule has 0 saturated heterocycles. The summed E-state index contributed by atoms with van der Waals surface area (Å²) in [4.78, 5) is 18.6. The summed E-state index contributed by atoms with van der Waals surface area (Å²) in [7, 11) is 1.78. The molecule has 3 rings (SSSR count). The van der Waals surface area contributed by atoms with Gasteiger partial charge in [-0.1, -0.05) is 25.0 Å². The van der Waals surface area contributed by atoms with Crippen LogP contribution in [0, 0.1) is 5.92 Å². The molecule has 1 aromatic carbocycles. The van der Waals surface area contributed by atoms with E-state index in [-0.39, 0.29) is 17.9 Å². The number of carbonyl (C=O) groups is 1. The van der Waals surface area contributed by atoms with Crippen molar-refractivity contribution in [2.75, 3.05) is 13.6 Å². The predicted octanol–water partition coefficient (Wildman–Crippen LogP) is 3.50. The fourth-order valence-electron chi connectivity index (χ4n) is 3.31. The third-order valence-electron chi connectivity index (χ3n) is 4.70. The first-order chi connectivity index (χ1) is 12.1. The molecule has 0 radical (unpaired) electrons. The van der Waals surface area contributed by atoms with Crippen molar-refractivity contribution in [1.82, 2.24) is 9.88 Å². The number of pyridine rings is 1. The maximum atomic E-state index is 12.9. The number of aromatic nitrogens is 1. The zero-order valence-electron chi connectivity index (χ0n) is 14.5. The molecule has 0 aliphatic heterocycles. The van der Waals surface area contributed by atoms with E-state index in [0.717, 1.165) is 25.7 Å². The summed E-state index contributed by atoms with van der Waals surface area (Å²) in [6, 6.07) is 10.8. The Morgan fingerprint density at radius 1 is 1.24 bits per heavy atom. The first kappa shape index (κ1) is 17.4. The molecule has 1 aliphatic rings. The lowest BCUT2D eigenvalue weighted by Gasteiger charge is -2.31. The lowest BCUT2D eigenvalue weighted by molar-refractivity contribution is 0.0450. The van der Waals surface area contributed by atoms with Crippen LogP contribution in [0.4, 0.5) is 0 Å². The zero-order valence-corrected chi connectivity index (χ0v) is 14.5. The molecular weight excluding hydrogens is 316 g/mol. The van der Waals surface area contributed by atoms with E-state index in [4.69, 9.17) is 4.74 Å². The van der Waals surface area contributed by atoms with Crippen molar-refractivity contribution in [3.8, 4) is 11.5 Å². The van der Waals surface area contributed by atoms with E-state index in [9.17, 15) is 9.90 Å². The summed E-state index contributed by atoms with van der Waals surface area (Å²) < 4.78 is 5.83. The molecule has 5 heteroatoms. The van der Waals surface area contributed by atoms with Gasteiger partial charge in [-0.05, 0) is 37.1 Å². The smallest absolute Gasteiger partial charge is 0.257 e. The molecule has 5 nitrogen and oxygen atoms in total. The van der Waals surface area contributed by atoms with Crippen LogP contribution >= 0.6 is 0 Å². The third-order valence-corrected chi connectivity index (χ3v) is 4.70. The molecular formula is C20H24N2O3. The van der Waals surface area contributed by atoms with Gasteiger partial charge < -0.3 is 14.7 Å². The van der Waals surface area contributed by atoms with Gasteiger partial charge in [-0.2, -0.15) is 0 Å². The number of hydrogen-bond donors (Lipinski definition) is 1. The van der Waals surface area contributed by atoms with Crippen LogP contribution in [0.3, 0.4) is 0 Å². The largest absolute Gasteiger partial charge is 0.455 e. The lowest BCUT2D eigenvalue weighted by Crippen LogP contribution is -2.38. The van der Waals surface area contributed by atoms with Gasteiger partial charge in [-0.15, -0.1) is 0 Å². The Kier molecular flexibility index (Phi) is 5.66. The minimum atomic E-state index is -0.314. The first-order valence-electron chi connectivity index (χ1n) is 8.75. The molecule has 2 atom stereocenters. The van der Waals surface area contributed by atoms with E-state index in [1.54, 1.807) is 48.6 Å². The summed E-state index contributed by atoms with van der Waals surface area (Å²) in [6.45, 7) is 0.557. The Labute approximate surface area is 148 Å². The summed E-state index contributed by atoms with van der Waals surface area (Å²) in [5, 5.41) is 10.2. The molecule has 1 heterocycles.